The molecular weight excluding hydrogens is 1270 g/mol. The van der Waals surface area contributed by atoms with Crippen molar-refractivity contribution in [2.24, 2.45) is 0 Å². The fourth-order valence-electron chi connectivity index (χ4n) is 10.3. The molecule has 0 radical (unpaired) electrons. The Labute approximate surface area is 552 Å². The van der Waals surface area contributed by atoms with Gasteiger partial charge in [0.2, 0.25) is 29.5 Å². The van der Waals surface area contributed by atoms with Crippen LogP contribution < -0.4 is 26.6 Å². The minimum absolute atomic E-state index is 0.00228. The SMILES string of the molecule is COCCCCC(=O)CCCC(=O)NC(CCC(=O)COCCOCCOC1OC(CO)C(O)C(O)C1NC(C)=O)(CCC(=O)COCCOCCOC1OC(CO)C(O)C(O)C1NC(C)=O)CCC(=O)NCCOCCOCCOC1OC(CO)C(O)C(O)C1NC(C)=O. The van der Waals surface area contributed by atoms with Crippen LogP contribution in [0.5, 0.6) is 0 Å². The van der Waals surface area contributed by atoms with E-state index in [4.69, 9.17) is 61.6 Å². The number of rotatable bonds is 53. The van der Waals surface area contributed by atoms with E-state index in [0.29, 0.717) is 25.9 Å². The standard InChI is InChI=1S/C60H105N5O30/c1-37(69)62-48-54(80)51(77)43(32-66)93-57(48)90-29-26-85-21-20-84-19-17-61-46(75)13-16-60(65-47(76)10-7-9-40(72)8-5-6-18-83-4,14-11-41(73)35-88-24-22-86-27-30-91-58-49(63-38(2)70)55(81)52(78)44(33-67)94-58)15-12-42(74)36-89-25-23-87-28-31-92-59-50(64-39(3)71)56(82)53(79)45(34-68)95-59/h43-45,48-59,66-68,77-82H,5-36H2,1-4H3,(H,61,75)(H,62,69)(H,63,70)(H,64,71)(H,65,76). The number of aliphatic hydroxyl groups is 9. The van der Waals surface area contributed by atoms with Crippen molar-refractivity contribution in [3.05, 3.63) is 0 Å². The molecule has 550 valence electrons. The lowest BCUT2D eigenvalue weighted by atomic mass is 9.82. The van der Waals surface area contributed by atoms with Crippen LogP contribution in [0.1, 0.15) is 97.8 Å². The molecule has 0 aromatic carbocycles. The molecule has 3 aliphatic heterocycles. The van der Waals surface area contributed by atoms with Gasteiger partial charge in [0.25, 0.3) is 0 Å². The second-order valence-corrected chi connectivity index (χ2v) is 23.1. The summed E-state index contributed by atoms with van der Waals surface area (Å²) in [6.07, 6.45) is -14.9. The number of hydrogen-bond acceptors (Lipinski definition) is 30. The van der Waals surface area contributed by atoms with Gasteiger partial charge in [0, 0.05) is 85.1 Å². The van der Waals surface area contributed by atoms with Crippen molar-refractivity contribution in [2.75, 3.05) is 139 Å². The van der Waals surface area contributed by atoms with Crippen molar-refractivity contribution in [1.29, 1.82) is 0 Å². The van der Waals surface area contributed by atoms with Crippen molar-refractivity contribution in [2.45, 2.75) is 195 Å². The van der Waals surface area contributed by atoms with E-state index in [1.54, 1.807) is 7.11 Å². The van der Waals surface area contributed by atoms with Crippen molar-refractivity contribution >= 4 is 46.9 Å². The number of carbonyl (C=O) groups excluding carboxylic acids is 8. The zero-order chi connectivity index (χ0) is 70.1. The highest BCUT2D eigenvalue weighted by Crippen LogP contribution is 2.29. The average Bonchev–Trinajstić information content (AvgIpc) is 0.884. The minimum Gasteiger partial charge on any atom is -0.394 e. The first kappa shape index (κ1) is 84.7. The number of nitrogens with one attached hydrogen (secondary N) is 5. The Kier molecular flexibility index (Phi) is 43.0. The Bertz CT molecular complexity index is 2150. The van der Waals surface area contributed by atoms with Gasteiger partial charge in [-0.2, -0.15) is 0 Å². The van der Waals surface area contributed by atoms with E-state index in [1.807, 2.05) is 0 Å². The van der Waals surface area contributed by atoms with Gasteiger partial charge in [0.15, 0.2) is 30.4 Å². The Morgan fingerprint density at radius 1 is 0.389 bits per heavy atom. The van der Waals surface area contributed by atoms with Crippen LogP contribution in [-0.4, -0.2) is 329 Å². The number of aliphatic hydroxyl groups excluding tert-OH is 9. The first-order valence-corrected chi connectivity index (χ1v) is 32.1. The number of Topliss-reactive ketones (excluding diaryl/α,β-unsaturated/α-hetero) is 3. The molecule has 3 heterocycles. The first-order chi connectivity index (χ1) is 45.5. The van der Waals surface area contributed by atoms with E-state index in [9.17, 15) is 84.3 Å². The van der Waals surface area contributed by atoms with Gasteiger partial charge in [-0.3, -0.25) is 38.4 Å². The van der Waals surface area contributed by atoms with Crippen LogP contribution in [0.3, 0.4) is 0 Å². The van der Waals surface area contributed by atoms with E-state index >= 15 is 0 Å². The molecule has 0 saturated carbocycles. The van der Waals surface area contributed by atoms with Gasteiger partial charge in [-0.05, 0) is 38.5 Å². The zero-order valence-corrected chi connectivity index (χ0v) is 54.9. The van der Waals surface area contributed by atoms with E-state index < -0.39 is 158 Å². The summed E-state index contributed by atoms with van der Waals surface area (Å²) < 4.78 is 72.1. The van der Waals surface area contributed by atoms with Gasteiger partial charge >= 0.3 is 0 Å². The summed E-state index contributed by atoms with van der Waals surface area (Å²) in [7, 11) is 1.57. The molecule has 0 bridgehead atoms. The normalized spacial score (nSPS) is 26.6. The smallest absolute Gasteiger partial charge is 0.220 e. The molecule has 15 unspecified atom stereocenters. The summed E-state index contributed by atoms with van der Waals surface area (Å²) in [5, 5.41) is 104. The fraction of sp³-hybridized carbons (Fsp3) is 0.867. The minimum atomic E-state index is -1.50. The predicted molar refractivity (Wildman–Crippen MR) is 325 cm³/mol. The molecular formula is C60H105N5O30. The molecule has 35 heteroatoms. The van der Waals surface area contributed by atoms with Gasteiger partial charge < -0.3 is 134 Å². The summed E-state index contributed by atoms with van der Waals surface area (Å²) in [6, 6.07) is -3.41. The topological polar surface area (TPSA) is 499 Å². The quantitative estimate of drug-likeness (QED) is 0.0252. The van der Waals surface area contributed by atoms with Crippen molar-refractivity contribution in [1.82, 2.24) is 26.6 Å². The molecule has 35 nitrogen and oxygen atoms in total. The molecule has 95 heavy (non-hydrogen) atoms. The third kappa shape index (κ3) is 33.3. The molecule has 0 aliphatic carbocycles. The molecule has 3 fully saturated rings. The highest BCUT2D eigenvalue weighted by Gasteiger charge is 2.48. The van der Waals surface area contributed by atoms with Crippen LogP contribution in [0, 0.1) is 0 Å². The average molecular weight is 1380 g/mol. The number of amides is 5. The Hall–Kier alpha value is -4.52. The second kappa shape index (κ2) is 48.3. The monoisotopic (exact) mass is 1380 g/mol. The lowest BCUT2D eigenvalue weighted by Crippen LogP contribution is -2.64. The molecule has 15 atom stereocenters. The molecule has 3 rings (SSSR count). The molecule has 3 saturated heterocycles. The molecule has 0 spiro atoms. The summed E-state index contributed by atoms with van der Waals surface area (Å²) in [4.78, 5) is 102. The van der Waals surface area contributed by atoms with Crippen LogP contribution in [0.2, 0.25) is 0 Å². The van der Waals surface area contributed by atoms with Crippen LogP contribution in [0.4, 0.5) is 0 Å². The molecule has 14 N–H and O–H groups in total. The van der Waals surface area contributed by atoms with Gasteiger partial charge in [-0.1, -0.05) is 0 Å². The lowest BCUT2D eigenvalue weighted by Gasteiger charge is -2.42. The van der Waals surface area contributed by atoms with Gasteiger partial charge in [0.1, 0.15) is 92.1 Å². The zero-order valence-electron chi connectivity index (χ0n) is 54.9. The first-order valence-electron chi connectivity index (χ1n) is 32.1. The maximum Gasteiger partial charge on any atom is 0.220 e. The number of hydrogen-bond donors (Lipinski definition) is 14. The van der Waals surface area contributed by atoms with Crippen molar-refractivity contribution in [3.8, 4) is 0 Å². The van der Waals surface area contributed by atoms with Crippen LogP contribution in [0.25, 0.3) is 0 Å². The van der Waals surface area contributed by atoms with Crippen molar-refractivity contribution in [3.63, 3.8) is 0 Å². The molecule has 0 aromatic rings. The Balaban J connectivity index is 1.61. The maximum atomic E-state index is 13.8. The summed E-state index contributed by atoms with van der Waals surface area (Å²) in [6.45, 7) is 1.46. The highest BCUT2D eigenvalue weighted by atomic mass is 16.7. The Morgan fingerprint density at radius 2 is 0.747 bits per heavy atom. The number of carbonyl (C=O) groups is 8. The van der Waals surface area contributed by atoms with Gasteiger partial charge in [-0.25, -0.2) is 0 Å². The van der Waals surface area contributed by atoms with E-state index in [0.717, 1.165) is 0 Å². The summed E-state index contributed by atoms with van der Waals surface area (Å²) >= 11 is 0. The fourth-order valence-corrected chi connectivity index (χ4v) is 10.3. The molecule has 0 aromatic heterocycles. The molecule has 5 amide bonds. The number of unbranched alkanes of at least 4 members (excludes halogenated alkanes) is 1. The van der Waals surface area contributed by atoms with Crippen LogP contribution >= 0.6 is 0 Å². The third-order valence-electron chi connectivity index (χ3n) is 15.4. The number of methoxy groups -OCH3 is 1. The second-order valence-electron chi connectivity index (χ2n) is 23.1. The van der Waals surface area contributed by atoms with Crippen molar-refractivity contribution < 1.29 is 146 Å². The van der Waals surface area contributed by atoms with Crippen LogP contribution in [-0.2, 0) is 99.9 Å². The molecule has 3 aliphatic rings. The largest absolute Gasteiger partial charge is 0.394 e. The van der Waals surface area contributed by atoms with Crippen LogP contribution in [0.15, 0.2) is 0 Å². The predicted octanol–water partition coefficient (Wildman–Crippen LogP) is -6.03. The van der Waals surface area contributed by atoms with E-state index in [-0.39, 0.29) is 169 Å². The Morgan fingerprint density at radius 3 is 1.13 bits per heavy atom. The van der Waals surface area contributed by atoms with E-state index in [1.165, 1.54) is 20.8 Å². The summed E-state index contributed by atoms with van der Waals surface area (Å²) in [5.41, 5.74) is -1.33. The highest BCUT2D eigenvalue weighted by molar-refractivity contribution is 5.83. The number of ether oxygens (including phenoxy) is 13. The van der Waals surface area contributed by atoms with E-state index in [2.05, 4.69) is 26.6 Å². The number of ketones is 3. The maximum absolute atomic E-state index is 13.8. The van der Waals surface area contributed by atoms with Gasteiger partial charge in [-0.15, -0.1) is 0 Å². The lowest BCUT2D eigenvalue weighted by molar-refractivity contribution is -0.272. The third-order valence-corrected chi connectivity index (χ3v) is 15.4. The summed E-state index contributed by atoms with van der Waals surface area (Å²) in [5.74, 6) is -3.30. The van der Waals surface area contributed by atoms with Gasteiger partial charge in [0.05, 0.1) is 106 Å².